The van der Waals surface area contributed by atoms with Crippen LogP contribution < -0.4 is 4.90 Å². The standard InChI is InChI=1S/C11H10F3N5/c1-18(5-2-3-15)10-8-7-9(11(12,13)14)17-19(8)6-4-16-10/h4,6-7H,2,5H2,1H3. The summed E-state index contributed by atoms with van der Waals surface area (Å²) in [5.74, 6) is 0.362. The molecule has 2 rings (SSSR count). The summed E-state index contributed by atoms with van der Waals surface area (Å²) < 4.78 is 39.0. The monoisotopic (exact) mass is 269 g/mol. The molecule has 19 heavy (non-hydrogen) atoms. The highest BCUT2D eigenvalue weighted by Crippen LogP contribution is 2.30. The Morgan fingerprint density at radius 2 is 2.21 bits per heavy atom. The first-order valence-corrected chi connectivity index (χ1v) is 5.43. The Labute approximate surface area is 106 Å². The van der Waals surface area contributed by atoms with Crippen LogP contribution in [0.2, 0.25) is 0 Å². The van der Waals surface area contributed by atoms with Gasteiger partial charge in [0.05, 0.1) is 12.5 Å². The van der Waals surface area contributed by atoms with Crippen molar-refractivity contribution in [3.8, 4) is 6.07 Å². The van der Waals surface area contributed by atoms with Crippen LogP contribution in [0.5, 0.6) is 0 Å². The third-order valence-corrected chi connectivity index (χ3v) is 2.58. The lowest BCUT2D eigenvalue weighted by molar-refractivity contribution is -0.141. The van der Waals surface area contributed by atoms with Gasteiger partial charge in [-0.1, -0.05) is 0 Å². The van der Waals surface area contributed by atoms with E-state index in [1.165, 1.54) is 12.4 Å². The summed E-state index contributed by atoms with van der Waals surface area (Å²) in [7, 11) is 1.67. The molecule has 0 N–H and O–H groups in total. The van der Waals surface area contributed by atoms with Crippen molar-refractivity contribution in [2.75, 3.05) is 18.5 Å². The van der Waals surface area contributed by atoms with E-state index in [0.717, 1.165) is 10.6 Å². The van der Waals surface area contributed by atoms with Gasteiger partial charge in [-0.2, -0.15) is 23.5 Å². The van der Waals surface area contributed by atoms with Crippen molar-refractivity contribution in [1.82, 2.24) is 14.6 Å². The van der Waals surface area contributed by atoms with E-state index in [4.69, 9.17) is 5.26 Å². The minimum absolute atomic E-state index is 0.260. The smallest absolute Gasteiger partial charge is 0.357 e. The Morgan fingerprint density at radius 3 is 2.84 bits per heavy atom. The molecule has 0 amide bonds. The second-order valence-corrected chi connectivity index (χ2v) is 3.94. The number of anilines is 1. The Morgan fingerprint density at radius 1 is 1.47 bits per heavy atom. The number of hydrogen-bond donors (Lipinski definition) is 0. The Hall–Kier alpha value is -2.30. The second-order valence-electron chi connectivity index (χ2n) is 3.94. The molecule has 0 spiro atoms. The quantitative estimate of drug-likeness (QED) is 0.856. The predicted octanol–water partition coefficient (Wildman–Crippen LogP) is 2.10. The molecule has 0 saturated heterocycles. The topological polar surface area (TPSA) is 57.2 Å². The van der Waals surface area contributed by atoms with Gasteiger partial charge >= 0.3 is 6.18 Å². The maximum Gasteiger partial charge on any atom is 0.435 e. The third-order valence-electron chi connectivity index (χ3n) is 2.58. The second kappa shape index (κ2) is 4.76. The molecule has 0 aromatic carbocycles. The van der Waals surface area contributed by atoms with E-state index in [0.29, 0.717) is 12.4 Å². The zero-order chi connectivity index (χ0) is 14.0. The molecule has 5 nitrogen and oxygen atoms in total. The van der Waals surface area contributed by atoms with Crippen LogP contribution in [0.4, 0.5) is 19.0 Å². The first-order valence-electron chi connectivity index (χ1n) is 5.43. The van der Waals surface area contributed by atoms with Crippen LogP contribution >= 0.6 is 0 Å². The van der Waals surface area contributed by atoms with Gasteiger partial charge in [0.2, 0.25) is 0 Å². The summed E-state index contributed by atoms with van der Waals surface area (Å²) in [5, 5.41) is 12.0. The van der Waals surface area contributed by atoms with E-state index in [1.807, 2.05) is 6.07 Å². The van der Waals surface area contributed by atoms with Gasteiger partial charge in [0, 0.05) is 32.1 Å². The molecular weight excluding hydrogens is 259 g/mol. The van der Waals surface area contributed by atoms with Crippen LogP contribution in [0.1, 0.15) is 12.1 Å². The summed E-state index contributed by atoms with van der Waals surface area (Å²) in [6, 6.07) is 2.92. The van der Waals surface area contributed by atoms with E-state index in [2.05, 4.69) is 10.1 Å². The van der Waals surface area contributed by atoms with E-state index < -0.39 is 11.9 Å². The number of rotatable bonds is 3. The summed E-state index contributed by atoms with van der Waals surface area (Å²) in [5.41, 5.74) is -0.703. The number of nitrogens with zero attached hydrogens (tertiary/aromatic N) is 5. The lowest BCUT2D eigenvalue weighted by atomic mass is 10.3. The van der Waals surface area contributed by atoms with Crippen molar-refractivity contribution in [3.63, 3.8) is 0 Å². The van der Waals surface area contributed by atoms with Crippen LogP contribution in [0.3, 0.4) is 0 Å². The molecule has 0 bridgehead atoms. The minimum atomic E-state index is -4.49. The number of alkyl halides is 3. The Bertz CT molecular complexity index is 625. The maximum atomic E-state index is 12.6. The molecule has 0 aliphatic heterocycles. The van der Waals surface area contributed by atoms with Gasteiger partial charge in [-0.3, -0.25) is 0 Å². The number of aromatic nitrogens is 3. The first kappa shape index (κ1) is 13.1. The predicted molar refractivity (Wildman–Crippen MR) is 61.5 cm³/mol. The molecule has 2 heterocycles. The van der Waals surface area contributed by atoms with Crippen molar-refractivity contribution in [2.45, 2.75) is 12.6 Å². The highest BCUT2D eigenvalue weighted by molar-refractivity contribution is 5.69. The molecule has 2 aromatic rings. The largest absolute Gasteiger partial charge is 0.435 e. The molecule has 0 aliphatic carbocycles. The summed E-state index contributed by atoms with van der Waals surface area (Å²) in [6.07, 6.45) is -1.50. The van der Waals surface area contributed by atoms with Crippen LogP contribution in [-0.4, -0.2) is 28.2 Å². The van der Waals surface area contributed by atoms with Crippen molar-refractivity contribution in [2.24, 2.45) is 0 Å². The van der Waals surface area contributed by atoms with E-state index in [1.54, 1.807) is 11.9 Å². The zero-order valence-corrected chi connectivity index (χ0v) is 10.0. The SMILES string of the molecule is CN(CCC#N)c1nccn2nc(C(F)(F)F)cc12. The van der Waals surface area contributed by atoms with Crippen molar-refractivity contribution >= 4 is 11.3 Å². The van der Waals surface area contributed by atoms with Gasteiger partial charge < -0.3 is 4.90 Å². The Kier molecular flexibility index (Phi) is 3.29. The fraction of sp³-hybridized carbons (Fsp3) is 0.364. The van der Waals surface area contributed by atoms with Crippen LogP contribution in [0.25, 0.3) is 5.52 Å². The molecule has 0 unspecified atom stereocenters. The molecule has 0 atom stereocenters. The average molecular weight is 269 g/mol. The van der Waals surface area contributed by atoms with Crippen LogP contribution in [0.15, 0.2) is 18.5 Å². The van der Waals surface area contributed by atoms with Gasteiger partial charge in [0.25, 0.3) is 0 Å². The lowest BCUT2D eigenvalue weighted by Gasteiger charge is -2.16. The van der Waals surface area contributed by atoms with Gasteiger partial charge in [-0.25, -0.2) is 9.50 Å². The molecule has 0 fully saturated rings. The molecular formula is C11H10F3N5. The van der Waals surface area contributed by atoms with E-state index in [9.17, 15) is 13.2 Å². The Balaban J connectivity index is 2.45. The van der Waals surface area contributed by atoms with Gasteiger partial charge in [0.15, 0.2) is 11.5 Å². The molecule has 0 aliphatic rings. The summed E-state index contributed by atoms with van der Waals surface area (Å²) in [4.78, 5) is 5.67. The number of nitriles is 1. The molecule has 0 radical (unpaired) electrons. The van der Waals surface area contributed by atoms with E-state index >= 15 is 0 Å². The average Bonchev–Trinajstić information content (AvgIpc) is 2.79. The minimum Gasteiger partial charge on any atom is -0.357 e. The molecule has 2 aromatic heterocycles. The van der Waals surface area contributed by atoms with Crippen molar-refractivity contribution < 1.29 is 13.2 Å². The zero-order valence-electron chi connectivity index (χ0n) is 10.0. The van der Waals surface area contributed by atoms with Crippen molar-refractivity contribution in [3.05, 3.63) is 24.2 Å². The van der Waals surface area contributed by atoms with Gasteiger partial charge in [0.1, 0.15) is 5.52 Å². The fourth-order valence-electron chi connectivity index (χ4n) is 1.66. The molecule has 8 heteroatoms. The van der Waals surface area contributed by atoms with Crippen LogP contribution in [0, 0.1) is 11.3 Å². The number of halogens is 3. The molecule has 0 saturated carbocycles. The highest BCUT2D eigenvalue weighted by Gasteiger charge is 2.34. The summed E-state index contributed by atoms with van der Waals surface area (Å²) in [6.45, 7) is 0.385. The number of hydrogen-bond acceptors (Lipinski definition) is 4. The molecule has 100 valence electrons. The van der Waals surface area contributed by atoms with Crippen molar-refractivity contribution in [1.29, 1.82) is 5.26 Å². The maximum absolute atomic E-state index is 12.6. The lowest BCUT2D eigenvalue weighted by Crippen LogP contribution is -2.20. The van der Waals surface area contributed by atoms with Gasteiger partial charge in [-0.05, 0) is 0 Å². The van der Waals surface area contributed by atoms with Crippen LogP contribution in [-0.2, 0) is 6.18 Å². The first-order chi connectivity index (χ1) is 8.93. The van der Waals surface area contributed by atoms with E-state index in [-0.39, 0.29) is 11.9 Å². The highest BCUT2D eigenvalue weighted by atomic mass is 19.4. The fourth-order valence-corrected chi connectivity index (χ4v) is 1.66. The summed E-state index contributed by atoms with van der Waals surface area (Å²) >= 11 is 0. The van der Waals surface area contributed by atoms with Gasteiger partial charge in [-0.15, -0.1) is 0 Å². The number of fused-ring (bicyclic) bond motifs is 1. The third kappa shape index (κ3) is 2.59. The normalized spacial score (nSPS) is 11.5.